The van der Waals surface area contributed by atoms with Gasteiger partial charge in [0.2, 0.25) is 0 Å². The molecule has 2 rings (SSSR count). The molecule has 0 aromatic heterocycles. The first kappa shape index (κ1) is 14.6. The number of hydrazine groups is 1. The Morgan fingerprint density at radius 3 is 2.70 bits per heavy atom. The Labute approximate surface area is 119 Å². The van der Waals surface area contributed by atoms with Crippen molar-refractivity contribution in [2.75, 3.05) is 13.1 Å². The maximum Gasteiger partial charge on any atom is 0.126 e. The van der Waals surface area contributed by atoms with Gasteiger partial charge in [0.1, 0.15) is 5.82 Å². The zero-order valence-electron chi connectivity index (χ0n) is 12.3. The van der Waals surface area contributed by atoms with Crippen molar-refractivity contribution in [3.63, 3.8) is 0 Å². The Bertz CT molecular complexity index is 547. The van der Waals surface area contributed by atoms with Crippen LogP contribution in [0.1, 0.15) is 25.0 Å². The van der Waals surface area contributed by atoms with E-state index < -0.39 is 0 Å². The Balaban J connectivity index is 2.28. The third-order valence-corrected chi connectivity index (χ3v) is 3.18. The van der Waals surface area contributed by atoms with E-state index in [2.05, 4.69) is 19.3 Å². The lowest BCUT2D eigenvalue weighted by Gasteiger charge is -2.30. The van der Waals surface area contributed by atoms with Gasteiger partial charge < -0.3 is 5.73 Å². The van der Waals surface area contributed by atoms with Gasteiger partial charge in [-0.05, 0) is 53.8 Å². The van der Waals surface area contributed by atoms with E-state index in [1.54, 1.807) is 13.0 Å². The fourth-order valence-corrected chi connectivity index (χ4v) is 2.21. The quantitative estimate of drug-likeness (QED) is 0.888. The minimum Gasteiger partial charge on any atom is -0.326 e. The van der Waals surface area contributed by atoms with Gasteiger partial charge in [0.25, 0.3) is 0 Å². The lowest BCUT2D eigenvalue weighted by atomic mass is 10.1. The summed E-state index contributed by atoms with van der Waals surface area (Å²) in [4.78, 5) is 0. The predicted molar refractivity (Wildman–Crippen MR) is 80.9 cm³/mol. The molecule has 0 saturated heterocycles. The van der Waals surface area contributed by atoms with E-state index in [-0.39, 0.29) is 5.82 Å². The second-order valence-electron chi connectivity index (χ2n) is 5.59. The van der Waals surface area contributed by atoms with Crippen LogP contribution in [-0.4, -0.2) is 18.1 Å². The van der Waals surface area contributed by atoms with E-state index in [1.807, 2.05) is 23.4 Å². The van der Waals surface area contributed by atoms with Gasteiger partial charge in [0.05, 0.1) is 5.70 Å². The number of nitrogens with zero attached hydrogens (tertiary/aromatic N) is 1. The van der Waals surface area contributed by atoms with Crippen LogP contribution in [0.2, 0.25) is 0 Å². The summed E-state index contributed by atoms with van der Waals surface area (Å²) < 4.78 is 13.4. The molecule has 3 N–H and O–H groups in total. The molecule has 0 fully saturated rings. The van der Waals surface area contributed by atoms with Crippen LogP contribution in [0.3, 0.4) is 0 Å². The molecule has 0 saturated carbocycles. The number of halogens is 1. The maximum absolute atomic E-state index is 13.4. The molecule has 1 aliphatic rings. The molecule has 1 heterocycles. The number of nitrogens with two attached hydrogens (primary N) is 1. The first-order valence-electron chi connectivity index (χ1n) is 6.92. The van der Waals surface area contributed by atoms with Gasteiger partial charge >= 0.3 is 0 Å². The maximum atomic E-state index is 13.4. The van der Waals surface area contributed by atoms with Crippen LogP contribution in [0, 0.1) is 18.7 Å². The van der Waals surface area contributed by atoms with Crippen LogP contribution in [0.15, 0.2) is 36.0 Å². The van der Waals surface area contributed by atoms with E-state index in [0.717, 1.165) is 23.4 Å². The molecule has 0 amide bonds. The van der Waals surface area contributed by atoms with E-state index >= 15 is 0 Å². The fourth-order valence-electron chi connectivity index (χ4n) is 2.21. The summed E-state index contributed by atoms with van der Waals surface area (Å²) >= 11 is 0. The summed E-state index contributed by atoms with van der Waals surface area (Å²) in [6, 6.07) is 5.13. The van der Waals surface area contributed by atoms with Gasteiger partial charge in [0, 0.05) is 19.3 Å². The van der Waals surface area contributed by atoms with Crippen LogP contribution in [0.4, 0.5) is 4.39 Å². The topological polar surface area (TPSA) is 41.3 Å². The lowest BCUT2D eigenvalue weighted by Crippen LogP contribution is -2.38. The van der Waals surface area contributed by atoms with Gasteiger partial charge in [-0.15, -0.1) is 0 Å². The lowest BCUT2D eigenvalue weighted by molar-refractivity contribution is 0.282. The third-order valence-electron chi connectivity index (χ3n) is 3.18. The van der Waals surface area contributed by atoms with Crippen LogP contribution in [-0.2, 0) is 0 Å². The first-order chi connectivity index (χ1) is 9.49. The highest BCUT2D eigenvalue weighted by molar-refractivity contribution is 5.68. The number of hydrogen-bond donors (Lipinski definition) is 2. The summed E-state index contributed by atoms with van der Waals surface area (Å²) in [5.41, 5.74) is 12.7. The highest BCUT2D eigenvalue weighted by Crippen LogP contribution is 2.21. The average molecular weight is 275 g/mol. The number of aryl methyl sites for hydroxylation is 1. The average Bonchev–Trinajstić information content (AvgIpc) is 2.40. The zero-order valence-corrected chi connectivity index (χ0v) is 12.3. The van der Waals surface area contributed by atoms with Crippen LogP contribution < -0.4 is 11.2 Å². The summed E-state index contributed by atoms with van der Waals surface area (Å²) in [5, 5.41) is 2.04. The van der Waals surface area contributed by atoms with E-state index in [0.29, 0.717) is 18.0 Å². The van der Waals surface area contributed by atoms with Gasteiger partial charge in [-0.2, -0.15) is 0 Å². The molecule has 0 spiro atoms. The van der Waals surface area contributed by atoms with Crippen molar-refractivity contribution < 1.29 is 4.39 Å². The van der Waals surface area contributed by atoms with Crippen LogP contribution >= 0.6 is 0 Å². The summed E-state index contributed by atoms with van der Waals surface area (Å²) in [6.07, 6.45) is 4.05. The number of hydrogen-bond acceptors (Lipinski definition) is 3. The molecule has 20 heavy (non-hydrogen) atoms. The molecule has 0 radical (unpaired) electrons. The van der Waals surface area contributed by atoms with E-state index in [4.69, 9.17) is 5.73 Å². The highest BCUT2D eigenvalue weighted by Gasteiger charge is 2.14. The van der Waals surface area contributed by atoms with Crippen LogP contribution in [0.5, 0.6) is 0 Å². The molecule has 1 aliphatic heterocycles. The third kappa shape index (κ3) is 3.39. The predicted octanol–water partition coefficient (Wildman–Crippen LogP) is 2.79. The van der Waals surface area contributed by atoms with Gasteiger partial charge in [-0.1, -0.05) is 13.8 Å². The second kappa shape index (κ2) is 6.09. The molecule has 4 heteroatoms. The van der Waals surface area contributed by atoms with Crippen molar-refractivity contribution in [3.8, 4) is 0 Å². The minimum atomic E-state index is -0.182. The molecule has 3 nitrogen and oxygen atoms in total. The monoisotopic (exact) mass is 275 g/mol. The SMILES string of the molecule is Cc1cc(C2=CC(CN)=CN(CC(C)C)N2)ccc1F. The number of rotatable bonds is 4. The van der Waals surface area contributed by atoms with Gasteiger partial charge in [0.15, 0.2) is 0 Å². The molecule has 108 valence electrons. The Kier molecular flexibility index (Phi) is 4.45. The van der Waals surface area contributed by atoms with Crippen molar-refractivity contribution in [2.45, 2.75) is 20.8 Å². The van der Waals surface area contributed by atoms with Crippen molar-refractivity contribution in [1.82, 2.24) is 10.4 Å². The molecule has 0 unspecified atom stereocenters. The minimum absolute atomic E-state index is 0.182. The molecule has 0 aliphatic carbocycles. The summed E-state index contributed by atoms with van der Waals surface area (Å²) in [7, 11) is 0. The Morgan fingerprint density at radius 2 is 2.10 bits per heavy atom. The number of benzene rings is 1. The molecule has 1 aromatic rings. The van der Waals surface area contributed by atoms with E-state index in [1.165, 1.54) is 6.07 Å². The smallest absolute Gasteiger partial charge is 0.126 e. The molecule has 0 bridgehead atoms. The van der Waals surface area contributed by atoms with Gasteiger partial charge in [-0.3, -0.25) is 10.4 Å². The van der Waals surface area contributed by atoms with Crippen molar-refractivity contribution in [1.29, 1.82) is 0 Å². The fraction of sp³-hybridized carbons (Fsp3) is 0.375. The standard InChI is InChI=1S/C16H22FN3/c1-11(2)9-20-10-13(8-18)7-16(19-20)14-4-5-15(17)12(3)6-14/h4-7,10-11,19H,8-9,18H2,1-3H3. The molecular formula is C16H22FN3. The van der Waals surface area contributed by atoms with Crippen molar-refractivity contribution >= 4 is 5.70 Å². The van der Waals surface area contributed by atoms with Gasteiger partial charge in [-0.25, -0.2) is 4.39 Å². The summed E-state index contributed by atoms with van der Waals surface area (Å²) in [6.45, 7) is 7.48. The summed E-state index contributed by atoms with van der Waals surface area (Å²) in [5.74, 6) is 0.353. The van der Waals surface area contributed by atoms with Crippen LogP contribution in [0.25, 0.3) is 5.70 Å². The first-order valence-corrected chi connectivity index (χ1v) is 6.92. The van der Waals surface area contributed by atoms with Crippen molar-refractivity contribution in [2.24, 2.45) is 11.7 Å². The molecular weight excluding hydrogens is 253 g/mol. The number of nitrogens with one attached hydrogen (secondary N) is 1. The zero-order chi connectivity index (χ0) is 14.7. The highest BCUT2D eigenvalue weighted by atomic mass is 19.1. The Hall–Kier alpha value is -1.81. The second-order valence-corrected chi connectivity index (χ2v) is 5.59. The van der Waals surface area contributed by atoms with Crippen molar-refractivity contribution in [3.05, 3.63) is 53.0 Å². The molecule has 0 atom stereocenters. The van der Waals surface area contributed by atoms with E-state index in [9.17, 15) is 4.39 Å². The Morgan fingerprint density at radius 1 is 1.35 bits per heavy atom. The molecule has 1 aromatic carbocycles. The normalized spacial score (nSPS) is 15.0. The largest absolute Gasteiger partial charge is 0.326 e.